The maximum atomic E-state index is 6.54. The molecule has 0 spiro atoms. The van der Waals surface area contributed by atoms with Crippen molar-refractivity contribution in [2.75, 3.05) is 0 Å². The molecule has 0 saturated heterocycles. The summed E-state index contributed by atoms with van der Waals surface area (Å²) >= 11 is 6.19. The second kappa shape index (κ2) is 4.72. The number of hydrogen-bond acceptors (Lipinski definition) is 2. The molecule has 2 fully saturated rings. The van der Waals surface area contributed by atoms with Crippen LogP contribution >= 0.6 is 11.6 Å². The average molecular weight is 304 g/mol. The van der Waals surface area contributed by atoms with Crippen molar-refractivity contribution in [1.29, 1.82) is 0 Å². The summed E-state index contributed by atoms with van der Waals surface area (Å²) in [6.07, 6.45) is 3.90. The smallest absolute Gasteiger partial charge is 0.115 e. The van der Waals surface area contributed by atoms with Crippen LogP contribution in [0.5, 0.6) is 0 Å². The third-order valence-corrected chi connectivity index (χ3v) is 5.71. The van der Waals surface area contributed by atoms with E-state index in [9.17, 15) is 0 Å². The lowest BCUT2D eigenvalue weighted by Gasteiger charge is -2.29. The average Bonchev–Trinajstić information content (AvgIpc) is 3.09. The molecule has 2 aliphatic rings. The molecule has 0 amide bonds. The van der Waals surface area contributed by atoms with E-state index in [0.717, 1.165) is 22.0 Å². The molecule has 2 saturated carbocycles. The molecule has 2 N–H and O–H groups in total. The van der Waals surface area contributed by atoms with Gasteiger partial charge in [-0.3, -0.25) is 0 Å². The van der Waals surface area contributed by atoms with Crippen LogP contribution in [0.1, 0.15) is 50.9 Å². The number of rotatable bonds is 2. The minimum absolute atomic E-state index is 0.272. The summed E-state index contributed by atoms with van der Waals surface area (Å²) in [5.74, 6) is 3.01. The van der Waals surface area contributed by atoms with Gasteiger partial charge in [-0.05, 0) is 63.1 Å². The van der Waals surface area contributed by atoms with Crippen LogP contribution < -0.4 is 5.73 Å². The van der Waals surface area contributed by atoms with Crippen LogP contribution in [0, 0.1) is 11.8 Å². The Balaban J connectivity index is 1.90. The maximum absolute atomic E-state index is 6.54. The highest BCUT2D eigenvalue weighted by Gasteiger charge is 2.48. The first-order valence-electron chi connectivity index (χ1n) is 7.99. The molecule has 1 aromatic heterocycles. The molecule has 0 aliphatic heterocycles. The number of fused-ring (bicyclic) bond motifs is 3. The zero-order chi connectivity index (χ0) is 14.7. The third kappa shape index (κ3) is 1.94. The molecule has 4 unspecified atom stereocenters. The number of hydrogen-bond donors (Lipinski definition) is 1. The zero-order valence-corrected chi connectivity index (χ0v) is 13.3. The molecule has 3 nitrogen and oxygen atoms in total. The largest absolute Gasteiger partial charge is 0.327 e. The summed E-state index contributed by atoms with van der Waals surface area (Å²) in [5.41, 5.74) is 8.72. The van der Waals surface area contributed by atoms with Crippen LogP contribution in [0.15, 0.2) is 18.2 Å². The number of nitrogens with zero attached hydrogens (tertiary/aromatic N) is 2. The molecule has 21 heavy (non-hydrogen) atoms. The lowest BCUT2D eigenvalue weighted by Crippen LogP contribution is -2.35. The fourth-order valence-electron chi connectivity index (χ4n) is 4.58. The van der Waals surface area contributed by atoms with E-state index < -0.39 is 0 Å². The molecule has 112 valence electrons. The van der Waals surface area contributed by atoms with E-state index in [1.807, 2.05) is 18.2 Å². The number of halogens is 1. The van der Waals surface area contributed by atoms with Gasteiger partial charge in [0.2, 0.25) is 0 Å². The highest BCUT2D eigenvalue weighted by molar-refractivity contribution is 6.31. The SMILES string of the molecule is CC(C)n1c(C2C3CCC(C3)C2N)nc2ccc(Cl)cc21. The predicted molar refractivity (Wildman–Crippen MR) is 86.7 cm³/mol. The van der Waals surface area contributed by atoms with Crippen molar-refractivity contribution in [2.24, 2.45) is 17.6 Å². The van der Waals surface area contributed by atoms with Crippen molar-refractivity contribution in [3.8, 4) is 0 Å². The molecule has 1 aromatic carbocycles. The van der Waals surface area contributed by atoms with E-state index in [-0.39, 0.29) is 6.04 Å². The number of imidazole rings is 1. The molecule has 4 rings (SSSR count). The topological polar surface area (TPSA) is 43.8 Å². The normalized spacial score (nSPS) is 31.7. The second-order valence-corrected chi connectivity index (χ2v) is 7.44. The Bertz CT molecular complexity index is 689. The molecular formula is C17H22ClN3. The van der Waals surface area contributed by atoms with Gasteiger partial charge in [0.1, 0.15) is 5.82 Å². The third-order valence-electron chi connectivity index (χ3n) is 5.47. The van der Waals surface area contributed by atoms with Crippen molar-refractivity contribution in [1.82, 2.24) is 9.55 Å². The Morgan fingerprint density at radius 3 is 2.71 bits per heavy atom. The van der Waals surface area contributed by atoms with Gasteiger partial charge in [0, 0.05) is 23.0 Å². The second-order valence-electron chi connectivity index (χ2n) is 7.00. The minimum atomic E-state index is 0.272. The standard InChI is InChI=1S/C17H22ClN3/c1-9(2)21-14-8-12(18)5-6-13(14)20-17(21)15-10-3-4-11(7-10)16(15)19/h5-6,8-11,15-16H,3-4,7,19H2,1-2H3. The van der Waals surface area contributed by atoms with Gasteiger partial charge in [0.05, 0.1) is 11.0 Å². The van der Waals surface area contributed by atoms with Gasteiger partial charge in [0.15, 0.2) is 0 Å². The Morgan fingerprint density at radius 1 is 1.29 bits per heavy atom. The van der Waals surface area contributed by atoms with Crippen molar-refractivity contribution in [3.63, 3.8) is 0 Å². The Morgan fingerprint density at radius 2 is 2.05 bits per heavy atom. The van der Waals surface area contributed by atoms with E-state index in [2.05, 4.69) is 18.4 Å². The number of benzene rings is 1. The zero-order valence-electron chi connectivity index (χ0n) is 12.6. The summed E-state index contributed by atoms with van der Waals surface area (Å²) in [4.78, 5) is 4.95. The maximum Gasteiger partial charge on any atom is 0.115 e. The number of aromatic nitrogens is 2. The van der Waals surface area contributed by atoms with Crippen LogP contribution in [0.3, 0.4) is 0 Å². The first kappa shape index (κ1) is 13.6. The van der Waals surface area contributed by atoms with Gasteiger partial charge in [-0.2, -0.15) is 0 Å². The summed E-state index contributed by atoms with van der Waals surface area (Å²) in [6.45, 7) is 4.43. The fourth-order valence-corrected chi connectivity index (χ4v) is 4.75. The summed E-state index contributed by atoms with van der Waals surface area (Å²) in [6, 6.07) is 6.63. The molecule has 1 heterocycles. The van der Waals surface area contributed by atoms with Crippen molar-refractivity contribution < 1.29 is 0 Å². The highest BCUT2D eigenvalue weighted by Crippen LogP contribution is 2.52. The lowest BCUT2D eigenvalue weighted by atomic mass is 9.84. The molecule has 2 bridgehead atoms. The summed E-state index contributed by atoms with van der Waals surface area (Å²) < 4.78 is 2.35. The molecule has 0 radical (unpaired) electrons. The van der Waals surface area contributed by atoms with E-state index in [0.29, 0.717) is 17.9 Å². The minimum Gasteiger partial charge on any atom is -0.327 e. The van der Waals surface area contributed by atoms with Gasteiger partial charge < -0.3 is 10.3 Å². The van der Waals surface area contributed by atoms with Gasteiger partial charge in [-0.1, -0.05) is 11.6 Å². The molecular weight excluding hydrogens is 282 g/mol. The van der Waals surface area contributed by atoms with Crippen LogP contribution in [-0.4, -0.2) is 15.6 Å². The van der Waals surface area contributed by atoms with E-state index in [4.69, 9.17) is 22.3 Å². The van der Waals surface area contributed by atoms with Gasteiger partial charge in [0.25, 0.3) is 0 Å². The molecule has 4 heteroatoms. The van der Waals surface area contributed by atoms with Crippen LogP contribution in [0.25, 0.3) is 11.0 Å². The van der Waals surface area contributed by atoms with Gasteiger partial charge in [-0.25, -0.2) is 4.98 Å². The molecule has 2 aromatic rings. The Labute approximate surface area is 130 Å². The summed E-state index contributed by atoms with van der Waals surface area (Å²) in [7, 11) is 0. The first-order valence-corrected chi connectivity index (χ1v) is 8.37. The lowest BCUT2D eigenvalue weighted by molar-refractivity contribution is 0.342. The quantitative estimate of drug-likeness (QED) is 0.907. The van der Waals surface area contributed by atoms with Crippen LogP contribution in [0.2, 0.25) is 5.02 Å². The number of nitrogens with two attached hydrogens (primary N) is 1. The molecule has 2 aliphatic carbocycles. The van der Waals surface area contributed by atoms with E-state index >= 15 is 0 Å². The van der Waals surface area contributed by atoms with Crippen molar-refractivity contribution in [2.45, 2.75) is 51.1 Å². The van der Waals surface area contributed by atoms with Gasteiger partial charge in [-0.15, -0.1) is 0 Å². The Kier molecular flexibility index (Phi) is 3.05. The molecule has 4 atom stereocenters. The fraction of sp³-hybridized carbons (Fsp3) is 0.588. The van der Waals surface area contributed by atoms with Crippen molar-refractivity contribution >= 4 is 22.6 Å². The highest BCUT2D eigenvalue weighted by atomic mass is 35.5. The summed E-state index contributed by atoms with van der Waals surface area (Å²) in [5, 5.41) is 0.771. The van der Waals surface area contributed by atoms with Crippen LogP contribution in [-0.2, 0) is 0 Å². The van der Waals surface area contributed by atoms with E-state index in [1.165, 1.54) is 25.1 Å². The monoisotopic (exact) mass is 303 g/mol. The van der Waals surface area contributed by atoms with E-state index in [1.54, 1.807) is 0 Å². The Hall–Kier alpha value is -1.06. The van der Waals surface area contributed by atoms with Crippen LogP contribution in [0.4, 0.5) is 0 Å². The van der Waals surface area contributed by atoms with Gasteiger partial charge >= 0.3 is 0 Å². The van der Waals surface area contributed by atoms with Crippen molar-refractivity contribution in [3.05, 3.63) is 29.0 Å². The predicted octanol–water partition coefficient (Wildman–Crippen LogP) is 4.11. The first-order chi connectivity index (χ1) is 10.1.